The van der Waals surface area contributed by atoms with Crippen molar-refractivity contribution in [3.63, 3.8) is 0 Å². The minimum Gasteiger partial charge on any atom is -0.336 e. The Labute approximate surface area is 329 Å². The molecule has 53 heavy (non-hydrogen) atoms. The molecule has 0 aromatic heterocycles. The lowest BCUT2D eigenvalue weighted by molar-refractivity contribution is 0.0625. The summed E-state index contributed by atoms with van der Waals surface area (Å²) in [4.78, 5) is 18.5. The van der Waals surface area contributed by atoms with E-state index in [9.17, 15) is 4.79 Å². The molecule has 0 aliphatic carbocycles. The van der Waals surface area contributed by atoms with Gasteiger partial charge in [-0.2, -0.15) is 0 Å². The van der Waals surface area contributed by atoms with E-state index in [4.69, 9.17) is 5.73 Å². The predicted octanol–water partition coefficient (Wildman–Crippen LogP) is 5.39. The molecule has 10 heteroatoms. The average Bonchev–Trinajstić information content (AvgIpc) is 3.15. The van der Waals surface area contributed by atoms with Crippen molar-refractivity contribution >= 4 is 5.91 Å². The van der Waals surface area contributed by atoms with Gasteiger partial charge in [0, 0.05) is 64.0 Å². The van der Waals surface area contributed by atoms with Crippen LogP contribution in [0.3, 0.4) is 0 Å². The summed E-state index contributed by atoms with van der Waals surface area (Å²) in [5.41, 5.74) is 9.33. The minimum atomic E-state index is -0.294. The minimum absolute atomic E-state index is 0.115. The lowest BCUT2D eigenvalue weighted by Gasteiger charge is -2.37. The molecule has 1 amide bonds. The number of carbonyl (C=O) groups excluding carboxylic acids is 1. The molecule has 0 bridgehead atoms. The van der Waals surface area contributed by atoms with Gasteiger partial charge in [-0.05, 0) is 142 Å². The summed E-state index contributed by atoms with van der Waals surface area (Å²) >= 11 is 0. The molecule has 1 aliphatic heterocycles. The maximum Gasteiger partial charge on any atom is 0.254 e. The Kier molecular flexibility index (Phi) is 37.2. The Morgan fingerprint density at radius 1 is 0.868 bits per heavy atom. The molecule has 312 valence electrons. The first-order valence-electron chi connectivity index (χ1n) is 21.3. The standard InChI is InChI=1S/C33H60N6O.C6H17N3.2C2H6/c1-7-34-16-10-8-9-13-29-14-15-30(31(25-29)32(40)38(6)33(4,5)26-28(2)3)27-39-23-12-19-36-21-20-35-17-11-18-37-22-24-39;1-8-4-2-5-9-6-3-7;2*1-2/h14-15,25,34-37H,2,7-13,16-24,26-27H2,1,3-6H3;8-9H,2-7H2,1H3;2*1-2H3. The van der Waals surface area contributed by atoms with E-state index in [1.165, 1.54) is 24.8 Å². The van der Waals surface area contributed by atoms with E-state index in [1.54, 1.807) is 0 Å². The van der Waals surface area contributed by atoms with Crippen LogP contribution < -0.4 is 37.6 Å². The number of amides is 1. The lowest BCUT2D eigenvalue weighted by atomic mass is 9.92. The van der Waals surface area contributed by atoms with Crippen molar-refractivity contribution in [2.75, 3.05) is 106 Å². The summed E-state index contributed by atoms with van der Waals surface area (Å²) in [6.07, 6.45) is 8.77. The van der Waals surface area contributed by atoms with E-state index in [0.29, 0.717) is 0 Å². The third-order valence-corrected chi connectivity index (χ3v) is 9.03. The summed E-state index contributed by atoms with van der Waals surface area (Å²) in [7, 11) is 3.91. The van der Waals surface area contributed by atoms with E-state index in [0.717, 1.165) is 147 Å². The van der Waals surface area contributed by atoms with Crippen molar-refractivity contribution in [1.29, 1.82) is 0 Å². The second-order valence-corrected chi connectivity index (χ2v) is 14.2. The van der Waals surface area contributed by atoms with Crippen LogP contribution in [0.15, 0.2) is 30.4 Å². The molecule has 0 saturated carbocycles. The van der Waals surface area contributed by atoms with Crippen LogP contribution in [0.2, 0.25) is 0 Å². The van der Waals surface area contributed by atoms with Gasteiger partial charge in [0.15, 0.2) is 0 Å². The number of hydrogen-bond acceptors (Lipinski definition) is 9. The van der Waals surface area contributed by atoms with Crippen LogP contribution in [-0.4, -0.2) is 127 Å². The molecular formula is C43H89N9O. The predicted molar refractivity (Wildman–Crippen MR) is 234 cm³/mol. The van der Waals surface area contributed by atoms with Crippen LogP contribution in [0.25, 0.3) is 0 Å². The molecule has 0 atom stereocenters. The highest BCUT2D eigenvalue weighted by Gasteiger charge is 2.30. The third kappa shape index (κ3) is 28.2. The molecule has 0 unspecified atom stereocenters. The maximum absolute atomic E-state index is 14.1. The van der Waals surface area contributed by atoms with Crippen LogP contribution in [0.1, 0.15) is 122 Å². The van der Waals surface area contributed by atoms with E-state index in [2.05, 4.69) is 82.3 Å². The number of benzene rings is 1. The van der Waals surface area contributed by atoms with E-state index in [-0.39, 0.29) is 11.4 Å². The third-order valence-electron chi connectivity index (χ3n) is 9.03. The summed E-state index contributed by atoms with van der Waals surface area (Å²) in [5.74, 6) is 0.115. The fraction of sp³-hybridized carbons (Fsp3) is 0.791. The van der Waals surface area contributed by atoms with Gasteiger partial charge in [-0.3, -0.25) is 9.69 Å². The van der Waals surface area contributed by atoms with Crippen LogP contribution >= 0.6 is 0 Å². The van der Waals surface area contributed by atoms with Gasteiger partial charge < -0.3 is 42.5 Å². The molecule has 0 spiro atoms. The molecule has 1 aromatic carbocycles. The number of nitrogens with zero attached hydrogens (tertiary/aromatic N) is 2. The number of unbranched alkanes of at least 4 members (excludes halogenated alkanes) is 2. The Morgan fingerprint density at radius 2 is 1.51 bits per heavy atom. The van der Waals surface area contributed by atoms with Gasteiger partial charge in [-0.25, -0.2) is 0 Å². The molecular weight excluding hydrogens is 659 g/mol. The molecule has 0 radical (unpaired) electrons. The number of carbonyl (C=O) groups is 1. The molecule has 1 heterocycles. The molecule has 1 saturated heterocycles. The van der Waals surface area contributed by atoms with Crippen molar-refractivity contribution in [1.82, 2.24) is 41.7 Å². The highest BCUT2D eigenvalue weighted by molar-refractivity contribution is 5.96. The topological polar surface area (TPSA) is 122 Å². The van der Waals surface area contributed by atoms with Crippen LogP contribution in [0, 0.1) is 0 Å². The van der Waals surface area contributed by atoms with Crippen molar-refractivity contribution < 1.29 is 4.79 Å². The summed E-state index contributed by atoms with van der Waals surface area (Å²) in [6, 6.07) is 6.67. The number of nitrogens with one attached hydrogen (secondary N) is 6. The molecule has 2 rings (SSSR count). The van der Waals surface area contributed by atoms with Crippen molar-refractivity contribution in [2.24, 2.45) is 5.73 Å². The van der Waals surface area contributed by atoms with Crippen LogP contribution in [0.4, 0.5) is 0 Å². The van der Waals surface area contributed by atoms with E-state index < -0.39 is 0 Å². The Hall–Kier alpha value is -1.89. The normalized spacial score (nSPS) is 14.6. The zero-order chi connectivity index (χ0) is 40.2. The van der Waals surface area contributed by atoms with Gasteiger partial charge in [0.25, 0.3) is 5.91 Å². The summed E-state index contributed by atoms with van der Waals surface area (Å²) < 4.78 is 0. The summed E-state index contributed by atoms with van der Waals surface area (Å²) in [6.45, 7) is 35.4. The zero-order valence-corrected chi connectivity index (χ0v) is 36.6. The fourth-order valence-electron chi connectivity index (χ4n) is 6.04. The SMILES string of the molecule is C=C(C)CC(C)(C)N(C)C(=O)c1cc(CCCCCNCC)ccc1CN1CCCNCCNCCCNCC1.CC.CC.CNCCCNCCN. The Morgan fingerprint density at radius 3 is 2.13 bits per heavy atom. The largest absolute Gasteiger partial charge is 0.336 e. The highest BCUT2D eigenvalue weighted by atomic mass is 16.2. The zero-order valence-electron chi connectivity index (χ0n) is 36.6. The van der Waals surface area contributed by atoms with Crippen LogP contribution in [0.5, 0.6) is 0 Å². The quantitative estimate of drug-likeness (QED) is 0.0739. The molecule has 1 fully saturated rings. The highest BCUT2D eigenvalue weighted by Crippen LogP contribution is 2.26. The van der Waals surface area contributed by atoms with Crippen molar-refractivity contribution in [3.05, 3.63) is 47.0 Å². The molecule has 1 aliphatic rings. The Bertz CT molecular complexity index is 969. The van der Waals surface area contributed by atoms with Crippen LogP contribution in [-0.2, 0) is 13.0 Å². The molecule has 8 N–H and O–H groups in total. The summed E-state index contributed by atoms with van der Waals surface area (Å²) in [5, 5.41) is 20.4. The van der Waals surface area contributed by atoms with Gasteiger partial charge in [-0.15, -0.1) is 6.58 Å². The smallest absolute Gasteiger partial charge is 0.254 e. The van der Waals surface area contributed by atoms with Gasteiger partial charge in [0.2, 0.25) is 0 Å². The van der Waals surface area contributed by atoms with Gasteiger partial charge >= 0.3 is 0 Å². The Balaban J connectivity index is 0. The van der Waals surface area contributed by atoms with E-state index in [1.807, 2.05) is 53.6 Å². The van der Waals surface area contributed by atoms with Crippen molar-refractivity contribution in [3.8, 4) is 0 Å². The second kappa shape index (κ2) is 37.1. The number of nitrogens with two attached hydrogens (primary N) is 1. The maximum atomic E-state index is 14.1. The average molecular weight is 748 g/mol. The molecule has 1 aromatic rings. The van der Waals surface area contributed by atoms with Gasteiger partial charge in [0.05, 0.1) is 0 Å². The lowest BCUT2D eigenvalue weighted by Crippen LogP contribution is -2.45. The number of aryl methyl sites for hydroxylation is 1. The first kappa shape index (κ1) is 53.2. The molecule has 10 nitrogen and oxygen atoms in total. The first-order valence-corrected chi connectivity index (χ1v) is 21.3. The van der Waals surface area contributed by atoms with Gasteiger partial charge in [0.1, 0.15) is 0 Å². The van der Waals surface area contributed by atoms with Gasteiger partial charge in [-0.1, -0.05) is 58.7 Å². The first-order chi connectivity index (χ1) is 25.7. The number of hydrogen-bond donors (Lipinski definition) is 7. The fourth-order valence-corrected chi connectivity index (χ4v) is 6.04. The second-order valence-electron chi connectivity index (χ2n) is 14.2. The number of rotatable bonds is 19. The van der Waals surface area contributed by atoms with Crippen molar-refractivity contribution in [2.45, 2.75) is 119 Å². The van der Waals surface area contributed by atoms with E-state index >= 15 is 0 Å². The monoisotopic (exact) mass is 748 g/mol.